The van der Waals surface area contributed by atoms with Gasteiger partial charge in [-0.15, -0.1) is 11.3 Å². The molecule has 0 amide bonds. The highest BCUT2D eigenvalue weighted by molar-refractivity contribution is 7.19. The van der Waals surface area contributed by atoms with Crippen molar-refractivity contribution in [2.24, 2.45) is 0 Å². The van der Waals surface area contributed by atoms with E-state index in [0.29, 0.717) is 27.5 Å². The van der Waals surface area contributed by atoms with Crippen molar-refractivity contribution in [3.63, 3.8) is 0 Å². The molecule has 4 rings (SSSR count). The zero-order chi connectivity index (χ0) is 20.9. The van der Waals surface area contributed by atoms with E-state index in [1.165, 1.54) is 18.4 Å². The van der Waals surface area contributed by atoms with E-state index in [0.717, 1.165) is 10.2 Å². The molecule has 3 aromatic carbocycles. The second-order valence-electron chi connectivity index (χ2n) is 6.32. The molecule has 0 fully saturated rings. The van der Waals surface area contributed by atoms with Gasteiger partial charge >= 0.3 is 5.97 Å². The Kier molecular flexibility index (Phi) is 5.55. The Morgan fingerprint density at radius 3 is 2.53 bits per heavy atom. The molecule has 0 N–H and O–H groups in total. The number of ether oxygens (including phenoxy) is 2. The molecule has 30 heavy (non-hydrogen) atoms. The van der Waals surface area contributed by atoms with Crippen molar-refractivity contribution in [1.29, 1.82) is 5.26 Å². The van der Waals surface area contributed by atoms with Crippen molar-refractivity contribution in [3.05, 3.63) is 88.9 Å². The van der Waals surface area contributed by atoms with E-state index in [1.807, 2.05) is 30.3 Å². The molecule has 0 atom stereocenters. The Morgan fingerprint density at radius 2 is 1.80 bits per heavy atom. The Balaban J connectivity index is 1.67. The molecule has 0 bridgehead atoms. The lowest BCUT2D eigenvalue weighted by Gasteiger charge is -2.10. The summed E-state index contributed by atoms with van der Waals surface area (Å²) in [4.78, 5) is 17.0. The number of para-hydroxylation sites is 1. The number of carbonyl (C=O) groups is 1. The van der Waals surface area contributed by atoms with E-state index in [-0.39, 0.29) is 5.75 Å². The lowest BCUT2D eigenvalue weighted by molar-refractivity contribution is 0.0729. The number of hydrogen-bond donors (Lipinski definition) is 0. The lowest BCUT2D eigenvalue weighted by atomic mass is 10.1. The molecule has 0 unspecified atom stereocenters. The minimum absolute atomic E-state index is 0.279. The maximum Gasteiger partial charge on any atom is 0.343 e. The number of esters is 1. The fourth-order valence-electron chi connectivity index (χ4n) is 2.89. The van der Waals surface area contributed by atoms with Gasteiger partial charge in [-0.1, -0.05) is 36.4 Å². The fourth-order valence-corrected chi connectivity index (χ4v) is 3.82. The quantitative estimate of drug-likeness (QED) is 0.243. The molecular formula is C24H16N2O3S. The molecule has 4 aromatic rings. The summed E-state index contributed by atoms with van der Waals surface area (Å²) in [6, 6.07) is 23.8. The SMILES string of the molecule is COc1ccc(C=C(C#N)c2nc3ccccc3s2)cc1OC(=O)c1ccccc1. The summed E-state index contributed by atoms with van der Waals surface area (Å²) in [6.45, 7) is 0. The van der Waals surface area contributed by atoms with E-state index in [2.05, 4.69) is 11.1 Å². The predicted molar refractivity (Wildman–Crippen MR) is 117 cm³/mol. The normalized spacial score (nSPS) is 11.1. The van der Waals surface area contributed by atoms with E-state index < -0.39 is 5.97 Å². The predicted octanol–water partition coefficient (Wildman–Crippen LogP) is 5.59. The number of nitriles is 1. The number of hydrogen-bond acceptors (Lipinski definition) is 6. The van der Waals surface area contributed by atoms with Gasteiger partial charge in [0.05, 0.1) is 28.5 Å². The molecule has 0 aliphatic carbocycles. The molecule has 1 heterocycles. The van der Waals surface area contributed by atoms with E-state index >= 15 is 0 Å². The second kappa shape index (κ2) is 8.60. The van der Waals surface area contributed by atoms with Gasteiger partial charge in [0, 0.05) is 0 Å². The topological polar surface area (TPSA) is 72.2 Å². The third kappa shape index (κ3) is 4.07. The van der Waals surface area contributed by atoms with Crippen LogP contribution >= 0.6 is 11.3 Å². The minimum atomic E-state index is -0.485. The largest absolute Gasteiger partial charge is 0.493 e. The van der Waals surface area contributed by atoms with Crippen LogP contribution in [0, 0.1) is 11.3 Å². The van der Waals surface area contributed by atoms with Crippen LogP contribution in [0.15, 0.2) is 72.8 Å². The van der Waals surface area contributed by atoms with Gasteiger partial charge in [-0.3, -0.25) is 0 Å². The molecule has 0 spiro atoms. The van der Waals surface area contributed by atoms with Crippen molar-refractivity contribution < 1.29 is 14.3 Å². The van der Waals surface area contributed by atoms with Crippen LogP contribution < -0.4 is 9.47 Å². The van der Waals surface area contributed by atoms with Crippen molar-refractivity contribution >= 4 is 39.2 Å². The van der Waals surface area contributed by atoms with Crippen LogP contribution in [-0.2, 0) is 0 Å². The number of fused-ring (bicyclic) bond motifs is 1. The highest BCUT2D eigenvalue weighted by Crippen LogP contribution is 2.32. The highest BCUT2D eigenvalue weighted by Gasteiger charge is 2.14. The molecule has 0 radical (unpaired) electrons. The Labute approximate surface area is 177 Å². The second-order valence-corrected chi connectivity index (χ2v) is 7.35. The summed E-state index contributed by atoms with van der Waals surface area (Å²) in [5.41, 5.74) is 2.42. The van der Waals surface area contributed by atoms with Crippen molar-refractivity contribution in [2.45, 2.75) is 0 Å². The van der Waals surface area contributed by atoms with Crippen molar-refractivity contribution in [1.82, 2.24) is 4.98 Å². The van der Waals surface area contributed by atoms with Gasteiger partial charge in [0.2, 0.25) is 0 Å². The van der Waals surface area contributed by atoms with Crippen LogP contribution in [-0.4, -0.2) is 18.1 Å². The van der Waals surface area contributed by atoms with Gasteiger partial charge in [-0.05, 0) is 48.0 Å². The number of rotatable bonds is 5. The number of carbonyl (C=O) groups excluding carboxylic acids is 1. The summed E-state index contributed by atoms with van der Waals surface area (Å²) in [6.07, 6.45) is 1.72. The monoisotopic (exact) mass is 412 g/mol. The van der Waals surface area contributed by atoms with Gasteiger partial charge < -0.3 is 9.47 Å². The standard InChI is InChI=1S/C24H16N2O3S/c1-28-20-12-11-16(14-21(20)29-24(27)17-7-3-2-4-8-17)13-18(15-25)23-26-19-9-5-6-10-22(19)30-23/h2-14H,1H3. The lowest BCUT2D eigenvalue weighted by Crippen LogP contribution is -2.09. The summed E-state index contributed by atoms with van der Waals surface area (Å²) in [7, 11) is 1.51. The minimum Gasteiger partial charge on any atom is -0.493 e. The maximum atomic E-state index is 12.4. The van der Waals surface area contributed by atoms with Crippen LogP contribution in [0.3, 0.4) is 0 Å². The molecule has 0 aliphatic heterocycles. The van der Waals surface area contributed by atoms with Gasteiger partial charge in [0.25, 0.3) is 0 Å². The Morgan fingerprint density at radius 1 is 1.03 bits per heavy atom. The fraction of sp³-hybridized carbons (Fsp3) is 0.0417. The number of thiazole rings is 1. The Bertz CT molecular complexity index is 1250. The van der Waals surface area contributed by atoms with Crippen molar-refractivity contribution in [2.75, 3.05) is 7.11 Å². The first kappa shape index (κ1) is 19.4. The molecule has 0 saturated heterocycles. The number of nitrogens with zero attached hydrogens (tertiary/aromatic N) is 2. The molecule has 0 saturated carbocycles. The van der Waals surface area contributed by atoms with E-state index in [1.54, 1.807) is 48.5 Å². The number of aromatic nitrogens is 1. The van der Waals surface area contributed by atoms with E-state index in [4.69, 9.17) is 9.47 Å². The number of methoxy groups -OCH3 is 1. The molecule has 146 valence electrons. The maximum absolute atomic E-state index is 12.4. The van der Waals surface area contributed by atoms with Crippen LogP contribution in [0.2, 0.25) is 0 Å². The summed E-state index contributed by atoms with van der Waals surface area (Å²) in [5, 5.41) is 10.3. The van der Waals surface area contributed by atoms with Gasteiger partial charge in [-0.2, -0.15) is 5.26 Å². The van der Waals surface area contributed by atoms with Crippen LogP contribution in [0.4, 0.5) is 0 Å². The van der Waals surface area contributed by atoms with Gasteiger partial charge in [0.15, 0.2) is 11.5 Å². The first-order chi connectivity index (χ1) is 14.7. The summed E-state index contributed by atoms with van der Waals surface area (Å²) >= 11 is 1.46. The molecule has 1 aromatic heterocycles. The van der Waals surface area contributed by atoms with Crippen LogP contribution in [0.25, 0.3) is 21.9 Å². The smallest absolute Gasteiger partial charge is 0.343 e. The average Bonchev–Trinajstić information content (AvgIpc) is 3.22. The third-order valence-electron chi connectivity index (χ3n) is 4.36. The molecule has 0 aliphatic rings. The molecule has 5 nitrogen and oxygen atoms in total. The summed E-state index contributed by atoms with van der Waals surface area (Å²) < 4.78 is 11.9. The molecule has 6 heteroatoms. The van der Waals surface area contributed by atoms with Crippen LogP contribution in [0.5, 0.6) is 11.5 Å². The van der Waals surface area contributed by atoms with Gasteiger partial charge in [0.1, 0.15) is 11.1 Å². The zero-order valence-electron chi connectivity index (χ0n) is 16.0. The average molecular weight is 412 g/mol. The first-order valence-corrected chi connectivity index (χ1v) is 9.92. The number of allylic oxidation sites excluding steroid dienone is 1. The Hall–Kier alpha value is -3.95. The van der Waals surface area contributed by atoms with Gasteiger partial charge in [-0.25, -0.2) is 9.78 Å². The number of benzene rings is 3. The molecular weight excluding hydrogens is 396 g/mol. The highest BCUT2D eigenvalue weighted by atomic mass is 32.1. The van der Waals surface area contributed by atoms with E-state index in [9.17, 15) is 10.1 Å². The zero-order valence-corrected chi connectivity index (χ0v) is 16.8. The third-order valence-corrected chi connectivity index (χ3v) is 5.43. The summed E-state index contributed by atoms with van der Waals surface area (Å²) in [5.74, 6) is 0.221. The van der Waals surface area contributed by atoms with Crippen molar-refractivity contribution in [3.8, 4) is 17.6 Å². The first-order valence-electron chi connectivity index (χ1n) is 9.11. The van der Waals surface area contributed by atoms with Crippen LogP contribution in [0.1, 0.15) is 20.9 Å².